The van der Waals surface area contributed by atoms with Crippen molar-refractivity contribution in [3.8, 4) is 0 Å². The summed E-state index contributed by atoms with van der Waals surface area (Å²) in [5, 5.41) is 14.6. The van der Waals surface area contributed by atoms with Crippen molar-refractivity contribution in [1.82, 2.24) is 14.5 Å². The Hall–Kier alpha value is -2.46. The van der Waals surface area contributed by atoms with Gasteiger partial charge in [-0.15, -0.1) is 0 Å². The SMILES string of the molecule is Nc1cc(S(=O)(=O)NCCn2cccn2)ccc1[N+](=O)[O-]. The molecule has 1 aromatic carbocycles. The molecule has 0 fully saturated rings. The van der Waals surface area contributed by atoms with Gasteiger partial charge in [0.15, 0.2) is 0 Å². The van der Waals surface area contributed by atoms with E-state index in [4.69, 9.17) is 5.73 Å². The maximum atomic E-state index is 12.0. The predicted molar refractivity (Wildman–Crippen MR) is 74.9 cm³/mol. The molecule has 0 aliphatic heterocycles. The van der Waals surface area contributed by atoms with Crippen molar-refractivity contribution in [3.63, 3.8) is 0 Å². The molecule has 0 aliphatic carbocycles. The van der Waals surface area contributed by atoms with E-state index in [1.165, 1.54) is 0 Å². The molecular weight excluding hydrogens is 298 g/mol. The number of hydrogen-bond donors (Lipinski definition) is 2. The minimum atomic E-state index is -3.77. The molecular formula is C11H13N5O4S. The van der Waals surface area contributed by atoms with Crippen LogP contribution in [-0.4, -0.2) is 29.7 Å². The maximum absolute atomic E-state index is 12.0. The van der Waals surface area contributed by atoms with Gasteiger partial charge < -0.3 is 5.73 Å². The van der Waals surface area contributed by atoms with Gasteiger partial charge in [-0.05, 0) is 18.2 Å². The number of rotatable bonds is 6. The number of nitrogens with one attached hydrogen (secondary N) is 1. The first-order valence-corrected chi connectivity index (χ1v) is 7.39. The fourth-order valence-corrected chi connectivity index (χ4v) is 2.73. The highest BCUT2D eigenvalue weighted by Gasteiger charge is 2.18. The number of hydrogen-bond acceptors (Lipinski definition) is 6. The lowest BCUT2D eigenvalue weighted by molar-refractivity contribution is -0.383. The molecule has 0 unspecified atom stereocenters. The number of nitro benzene ring substituents is 1. The van der Waals surface area contributed by atoms with Crippen LogP contribution < -0.4 is 10.5 Å². The lowest BCUT2D eigenvalue weighted by Gasteiger charge is -2.07. The number of nitrogens with two attached hydrogens (primary N) is 1. The van der Waals surface area contributed by atoms with E-state index in [9.17, 15) is 18.5 Å². The van der Waals surface area contributed by atoms with Crippen LogP contribution in [0.1, 0.15) is 0 Å². The first-order valence-electron chi connectivity index (χ1n) is 5.91. The largest absolute Gasteiger partial charge is 0.393 e. The highest BCUT2D eigenvalue weighted by Crippen LogP contribution is 2.24. The summed E-state index contributed by atoms with van der Waals surface area (Å²) in [7, 11) is -3.77. The molecule has 1 aromatic heterocycles. The molecule has 112 valence electrons. The molecule has 0 radical (unpaired) electrons. The fourth-order valence-electron chi connectivity index (χ4n) is 1.68. The molecule has 2 rings (SSSR count). The molecule has 0 bridgehead atoms. The van der Waals surface area contributed by atoms with E-state index in [2.05, 4.69) is 9.82 Å². The van der Waals surface area contributed by atoms with Crippen LogP contribution in [0.2, 0.25) is 0 Å². The molecule has 9 nitrogen and oxygen atoms in total. The summed E-state index contributed by atoms with van der Waals surface area (Å²) < 4.78 is 28.0. The second-order valence-electron chi connectivity index (χ2n) is 4.14. The van der Waals surface area contributed by atoms with Crippen LogP contribution in [0, 0.1) is 10.1 Å². The van der Waals surface area contributed by atoms with E-state index in [0.717, 1.165) is 18.2 Å². The lowest BCUT2D eigenvalue weighted by atomic mass is 10.3. The average molecular weight is 311 g/mol. The second-order valence-corrected chi connectivity index (χ2v) is 5.91. The first kappa shape index (κ1) is 14.9. The van der Waals surface area contributed by atoms with Crippen LogP contribution >= 0.6 is 0 Å². The minimum Gasteiger partial charge on any atom is -0.393 e. The zero-order valence-electron chi connectivity index (χ0n) is 10.8. The van der Waals surface area contributed by atoms with E-state index in [1.807, 2.05) is 0 Å². The zero-order chi connectivity index (χ0) is 15.5. The molecule has 0 spiro atoms. The van der Waals surface area contributed by atoms with Crippen molar-refractivity contribution in [2.24, 2.45) is 0 Å². The van der Waals surface area contributed by atoms with E-state index in [-0.39, 0.29) is 22.8 Å². The molecule has 0 aliphatic rings. The predicted octanol–water partition coefficient (Wildman–Crippen LogP) is 0.352. The smallest absolute Gasteiger partial charge is 0.292 e. The summed E-state index contributed by atoms with van der Waals surface area (Å²) in [4.78, 5) is 9.85. The number of nitrogen functional groups attached to an aromatic ring is 1. The van der Waals surface area contributed by atoms with E-state index in [1.54, 1.807) is 23.1 Å². The topological polar surface area (TPSA) is 133 Å². The Morgan fingerprint density at radius 2 is 2.19 bits per heavy atom. The Labute approximate surface area is 120 Å². The van der Waals surface area contributed by atoms with Gasteiger partial charge in [0.2, 0.25) is 10.0 Å². The van der Waals surface area contributed by atoms with E-state index >= 15 is 0 Å². The number of anilines is 1. The van der Waals surface area contributed by atoms with Crippen molar-refractivity contribution in [2.75, 3.05) is 12.3 Å². The maximum Gasteiger partial charge on any atom is 0.292 e. The Balaban J connectivity index is 2.08. The van der Waals surface area contributed by atoms with Gasteiger partial charge in [-0.3, -0.25) is 14.8 Å². The van der Waals surface area contributed by atoms with Crippen LogP contribution in [0.4, 0.5) is 11.4 Å². The van der Waals surface area contributed by atoms with Crippen molar-refractivity contribution in [2.45, 2.75) is 11.4 Å². The molecule has 10 heteroatoms. The summed E-state index contributed by atoms with van der Waals surface area (Å²) in [6.07, 6.45) is 3.30. The quantitative estimate of drug-likeness (QED) is 0.449. The number of benzene rings is 1. The normalized spacial score (nSPS) is 11.4. The summed E-state index contributed by atoms with van der Waals surface area (Å²) in [6.45, 7) is 0.510. The third-order valence-electron chi connectivity index (χ3n) is 2.70. The van der Waals surface area contributed by atoms with E-state index in [0.29, 0.717) is 6.54 Å². The molecule has 3 N–H and O–H groups in total. The van der Waals surface area contributed by atoms with Crippen LogP contribution in [0.15, 0.2) is 41.6 Å². The monoisotopic (exact) mass is 311 g/mol. The van der Waals surface area contributed by atoms with Gasteiger partial charge in [0.25, 0.3) is 5.69 Å². The molecule has 2 aromatic rings. The number of nitrogens with zero attached hydrogens (tertiary/aromatic N) is 3. The Morgan fingerprint density at radius 3 is 2.76 bits per heavy atom. The number of nitro groups is 1. The van der Waals surface area contributed by atoms with Gasteiger partial charge >= 0.3 is 0 Å². The first-order chi connectivity index (χ1) is 9.90. The van der Waals surface area contributed by atoms with E-state index < -0.39 is 14.9 Å². The van der Waals surface area contributed by atoms with Crippen molar-refractivity contribution in [3.05, 3.63) is 46.8 Å². The second kappa shape index (κ2) is 5.89. The summed E-state index contributed by atoms with van der Waals surface area (Å²) in [6, 6.07) is 5.00. The Bertz CT molecular complexity index is 742. The number of sulfonamides is 1. The Morgan fingerprint density at radius 1 is 1.43 bits per heavy atom. The van der Waals surface area contributed by atoms with Crippen molar-refractivity contribution in [1.29, 1.82) is 0 Å². The highest BCUT2D eigenvalue weighted by atomic mass is 32.2. The minimum absolute atomic E-state index is 0.119. The summed E-state index contributed by atoms with van der Waals surface area (Å²) in [5.41, 5.74) is 4.95. The third-order valence-corrected chi connectivity index (χ3v) is 4.16. The molecule has 0 saturated heterocycles. The van der Waals surface area contributed by atoms with Gasteiger partial charge in [0, 0.05) is 25.0 Å². The van der Waals surface area contributed by atoms with Gasteiger partial charge in [-0.25, -0.2) is 13.1 Å². The molecule has 0 amide bonds. The van der Waals surface area contributed by atoms with Gasteiger partial charge in [0.1, 0.15) is 5.69 Å². The molecule has 21 heavy (non-hydrogen) atoms. The number of aromatic nitrogens is 2. The fraction of sp³-hybridized carbons (Fsp3) is 0.182. The van der Waals surface area contributed by atoms with Crippen LogP contribution in [-0.2, 0) is 16.6 Å². The summed E-state index contributed by atoms with van der Waals surface area (Å²) in [5.74, 6) is 0. The van der Waals surface area contributed by atoms with Crippen LogP contribution in [0.3, 0.4) is 0 Å². The van der Waals surface area contributed by atoms with Crippen LogP contribution in [0.25, 0.3) is 0 Å². The molecule has 0 saturated carbocycles. The summed E-state index contributed by atoms with van der Waals surface area (Å²) >= 11 is 0. The third kappa shape index (κ3) is 3.55. The van der Waals surface area contributed by atoms with Gasteiger partial charge in [-0.2, -0.15) is 5.10 Å². The zero-order valence-corrected chi connectivity index (χ0v) is 11.7. The van der Waals surface area contributed by atoms with Gasteiger partial charge in [-0.1, -0.05) is 0 Å². The van der Waals surface area contributed by atoms with Crippen LogP contribution in [0.5, 0.6) is 0 Å². The Kier molecular flexibility index (Phi) is 4.19. The highest BCUT2D eigenvalue weighted by molar-refractivity contribution is 7.89. The lowest BCUT2D eigenvalue weighted by Crippen LogP contribution is -2.27. The average Bonchev–Trinajstić information content (AvgIpc) is 2.91. The van der Waals surface area contributed by atoms with Gasteiger partial charge in [0.05, 0.1) is 16.4 Å². The standard InChI is InChI=1S/C11H13N5O4S/c12-10-8-9(2-3-11(10)16(17)18)21(19,20)14-5-7-15-6-1-4-13-15/h1-4,6,8,14H,5,7,12H2. The van der Waals surface area contributed by atoms with Crippen molar-refractivity contribution < 1.29 is 13.3 Å². The van der Waals surface area contributed by atoms with Crippen molar-refractivity contribution >= 4 is 21.4 Å². The molecule has 0 atom stereocenters. The molecule has 1 heterocycles.